The number of aliphatic hydroxyl groups excluding tert-OH is 1. The van der Waals surface area contributed by atoms with E-state index in [1.54, 1.807) is 18.5 Å². The van der Waals surface area contributed by atoms with Gasteiger partial charge in [-0.15, -0.1) is 0 Å². The number of aromatic nitrogens is 3. The Hall–Kier alpha value is -3.37. The number of hydrogen-bond acceptors (Lipinski definition) is 8. The molecule has 1 saturated heterocycles. The predicted octanol–water partition coefficient (Wildman–Crippen LogP) is 4.22. The molecule has 0 bridgehead atoms. The van der Waals surface area contributed by atoms with Crippen LogP contribution in [-0.4, -0.2) is 82.6 Å². The van der Waals surface area contributed by atoms with Crippen molar-refractivity contribution in [2.24, 2.45) is 0 Å². The molecule has 0 unspecified atom stereocenters. The van der Waals surface area contributed by atoms with Gasteiger partial charge in [0.25, 0.3) is 0 Å². The number of halogens is 2. The summed E-state index contributed by atoms with van der Waals surface area (Å²) >= 11 is 6.04. The van der Waals surface area contributed by atoms with E-state index < -0.39 is 5.82 Å². The van der Waals surface area contributed by atoms with E-state index in [1.165, 1.54) is 18.2 Å². The van der Waals surface area contributed by atoms with Crippen LogP contribution in [0.2, 0.25) is 5.02 Å². The molecule has 4 aromatic rings. The van der Waals surface area contributed by atoms with Gasteiger partial charge in [0.1, 0.15) is 18.2 Å². The highest BCUT2D eigenvalue weighted by Gasteiger charge is 2.16. The van der Waals surface area contributed by atoms with Crippen molar-refractivity contribution in [2.45, 2.75) is 0 Å². The fraction of sp³-hybridized carbons (Fsp3) is 0.296. The van der Waals surface area contributed by atoms with E-state index >= 15 is 0 Å². The SMILES string of the molecule is OCCN1CCN(CCOc2ccc3c(Nc4cnnc(-c5cc(Cl)ccc5F)c4)ccnc3c2)CC1. The van der Waals surface area contributed by atoms with Crippen LogP contribution in [0.3, 0.4) is 0 Å². The number of nitrogens with one attached hydrogen (secondary N) is 1. The highest BCUT2D eigenvalue weighted by Crippen LogP contribution is 2.30. The molecule has 0 radical (unpaired) electrons. The number of anilines is 2. The van der Waals surface area contributed by atoms with E-state index in [2.05, 4.69) is 30.3 Å². The summed E-state index contributed by atoms with van der Waals surface area (Å²) in [7, 11) is 0. The first-order valence-electron chi connectivity index (χ1n) is 12.2. The van der Waals surface area contributed by atoms with Crippen LogP contribution in [-0.2, 0) is 0 Å². The maximum Gasteiger partial charge on any atom is 0.132 e. The van der Waals surface area contributed by atoms with Gasteiger partial charge in [0.15, 0.2) is 0 Å². The number of ether oxygens (including phenoxy) is 1. The van der Waals surface area contributed by atoms with Gasteiger partial charge in [0, 0.05) is 73.2 Å². The second-order valence-corrected chi connectivity index (χ2v) is 9.31. The summed E-state index contributed by atoms with van der Waals surface area (Å²) < 4.78 is 20.3. The molecule has 0 amide bonds. The summed E-state index contributed by atoms with van der Waals surface area (Å²) in [6.07, 6.45) is 3.31. The highest BCUT2D eigenvalue weighted by atomic mass is 35.5. The molecular formula is C27H28ClFN6O2. The summed E-state index contributed by atoms with van der Waals surface area (Å²) in [5.74, 6) is 0.349. The van der Waals surface area contributed by atoms with Crippen molar-refractivity contribution in [1.82, 2.24) is 25.0 Å². The standard InChI is InChI=1S/C27H28ClFN6O2/c28-19-1-4-24(29)23(15-19)27-16-20(18-31-33-27)32-25-5-6-30-26-17-21(2-3-22(25)26)37-14-12-35-9-7-34(8-10-35)11-13-36/h1-6,15-18,36H,7-14H2,(H,30,32,33). The summed E-state index contributed by atoms with van der Waals surface area (Å²) in [5, 5.41) is 21.9. The maximum absolute atomic E-state index is 14.3. The first kappa shape index (κ1) is 25.3. The number of hydrogen-bond donors (Lipinski definition) is 2. The van der Waals surface area contributed by atoms with Crippen molar-refractivity contribution < 1.29 is 14.2 Å². The molecule has 0 saturated carbocycles. The van der Waals surface area contributed by atoms with E-state index in [9.17, 15) is 4.39 Å². The van der Waals surface area contributed by atoms with Gasteiger partial charge in [-0.05, 0) is 42.5 Å². The number of pyridine rings is 1. The number of piperazine rings is 1. The van der Waals surface area contributed by atoms with Crippen LogP contribution < -0.4 is 10.1 Å². The van der Waals surface area contributed by atoms with Crippen molar-refractivity contribution in [3.8, 4) is 17.0 Å². The van der Waals surface area contributed by atoms with Gasteiger partial charge in [-0.3, -0.25) is 14.8 Å². The lowest BCUT2D eigenvalue weighted by atomic mass is 10.1. The summed E-state index contributed by atoms with van der Waals surface area (Å²) in [6, 6.07) is 13.8. The molecule has 8 nitrogen and oxygen atoms in total. The number of aliphatic hydroxyl groups is 1. The monoisotopic (exact) mass is 522 g/mol. The molecule has 2 aromatic heterocycles. The highest BCUT2D eigenvalue weighted by molar-refractivity contribution is 6.30. The van der Waals surface area contributed by atoms with Crippen LogP contribution in [0.5, 0.6) is 5.75 Å². The first-order valence-corrected chi connectivity index (χ1v) is 12.6. The lowest BCUT2D eigenvalue weighted by molar-refractivity contribution is 0.102. The molecule has 3 heterocycles. The van der Waals surface area contributed by atoms with Crippen LogP contribution in [0, 0.1) is 5.82 Å². The van der Waals surface area contributed by atoms with Crippen LogP contribution in [0.25, 0.3) is 22.2 Å². The molecule has 2 aromatic carbocycles. The van der Waals surface area contributed by atoms with Crippen molar-refractivity contribution >= 4 is 33.9 Å². The smallest absolute Gasteiger partial charge is 0.132 e. The third kappa shape index (κ3) is 6.31. The molecule has 1 aliphatic rings. The molecule has 10 heteroatoms. The second kappa shape index (κ2) is 11.8. The van der Waals surface area contributed by atoms with Gasteiger partial charge in [-0.25, -0.2) is 4.39 Å². The van der Waals surface area contributed by atoms with Gasteiger partial charge in [0.05, 0.1) is 29.7 Å². The van der Waals surface area contributed by atoms with Crippen LogP contribution in [0.15, 0.2) is 60.9 Å². The molecule has 192 valence electrons. The summed E-state index contributed by atoms with van der Waals surface area (Å²) in [5.41, 5.74) is 2.97. The lowest BCUT2D eigenvalue weighted by Crippen LogP contribution is -2.48. The minimum atomic E-state index is -0.415. The first-order chi connectivity index (χ1) is 18.1. The third-order valence-electron chi connectivity index (χ3n) is 6.41. The van der Waals surface area contributed by atoms with Crippen LogP contribution in [0.1, 0.15) is 0 Å². The molecule has 5 rings (SSSR count). The fourth-order valence-corrected chi connectivity index (χ4v) is 4.59. The molecule has 0 spiro atoms. The second-order valence-electron chi connectivity index (χ2n) is 8.87. The van der Waals surface area contributed by atoms with Gasteiger partial charge in [-0.1, -0.05) is 11.6 Å². The Labute approximate surface area is 219 Å². The molecule has 2 N–H and O–H groups in total. The quantitative estimate of drug-likeness (QED) is 0.338. The van der Waals surface area contributed by atoms with E-state index in [4.69, 9.17) is 21.4 Å². The predicted molar refractivity (Wildman–Crippen MR) is 143 cm³/mol. The number of nitrogens with zero attached hydrogens (tertiary/aromatic N) is 5. The molecular weight excluding hydrogens is 495 g/mol. The van der Waals surface area contributed by atoms with E-state index in [-0.39, 0.29) is 12.2 Å². The zero-order chi connectivity index (χ0) is 25.6. The third-order valence-corrected chi connectivity index (χ3v) is 6.64. The van der Waals surface area contributed by atoms with Gasteiger partial charge < -0.3 is 15.2 Å². The minimum Gasteiger partial charge on any atom is -0.492 e. The lowest BCUT2D eigenvalue weighted by Gasteiger charge is -2.34. The van der Waals surface area contributed by atoms with Crippen LogP contribution >= 0.6 is 11.6 Å². The number of β-amino-alcohol motifs (C(OH)–C–C–N with tert-alkyl or cyclic N) is 1. The molecule has 0 aliphatic carbocycles. The van der Waals surface area contributed by atoms with Gasteiger partial charge in [-0.2, -0.15) is 10.2 Å². The minimum absolute atomic E-state index is 0.208. The Morgan fingerprint density at radius 1 is 1.00 bits per heavy atom. The van der Waals surface area contributed by atoms with Crippen molar-refractivity contribution in [3.63, 3.8) is 0 Å². The Morgan fingerprint density at radius 3 is 2.62 bits per heavy atom. The molecule has 1 aliphatic heterocycles. The average molecular weight is 523 g/mol. The van der Waals surface area contributed by atoms with Crippen LogP contribution in [0.4, 0.5) is 15.8 Å². The Morgan fingerprint density at radius 2 is 1.81 bits per heavy atom. The van der Waals surface area contributed by atoms with Crippen molar-refractivity contribution in [3.05, 3.63) is 71.8 Å². The molecule has 37 heavy (non-hydrogen) atoms. The van der Waals surface area contributed by atoms with E-state index in [0.29, 0.717) is 23.0 Å². The molecule has 0 atom stereocenters. The fourth-order valence-electron chi connectivity index (χ4n) is 4.41. The van der Waals surface area contributed by atoms with E-state index in [1.807, 2.05) is 24.3 Å². The van der Waals surface area contributed by atoms with Crippen molar-refractivity contribution in [1.29, 1.82) is 0 Å². The number of benzene rings is 2. The van der Waals surface area contributed by atoms with Gasteiger partial charge in [0.2, 0.25) is 0 Å². The zero-order valence-corrected chi connectivity index (χ0v) is 21.0. The Bertz CT molecular complexity index is 1370. The average Bonchev–Trinajstić information content (AvgIpc) is 2.91. The zero-order valence-electron chi connectivity index (χ0n) is 20.3. The number of rotatable bonds is 9. The molecule has 1 fully saturated rings. The topological polar surface area (TPSA) is 86.6 Å². The summed E-state index contributed by atoms with van der Waals surface area (Å²) in [4.78, 5) is 9.16. The maximum atomic E-state index is 14.3. The summed E-state index contributed by atoms with van der Waals surface area (Å²) in [6.45, 7) is 6.29. The Kier molecular flexibility index (Phi) is 8.05. The van der Waals surface area contributed by atoms with Crippen molar-refractivity contribution in [2.75, 3.05) is 57.8 Å². The van der Waals surface area contributed by atoms with Gasteiger partial charge >= 0.3 is 0 Å². The largest absolute Gasteiger partial charge is 0.492 e. The normalized spacial score (nSPS) is 14.7. The Balaban J connectivity index is 1.24. The number of fused-ring (bicyclic) bond motifs is 1. The van der Waals surface area contributed by atoms with E-state index in [0.717, 1.165) is 61.6 Å².